The van der Waals surface area contributed by atoms with Crippen LogP contribution in [0.4, 0.5) is 0 Å². The predicted octanol–water partition coefficient (Wildman–Crippen LogP) is 0.570. The van der Waals surface area contributed by atoms with E-state index >= 15 is 0 Å². The van der Waals surface area contributed by atoms with Crippen LogP contribution in [0.5, 0.6) is 0 Å². The number of hydrogen-bond donors (Lipinski definition) is 1. The van der Waals surface area contributed by atoms with Crippen LogP contribution in [0, 0.1) is 5.92 Å². The molecule has 2 heterocycles. The van der Waals surface area contributed by atoms with Gasteiger partial charge in [-0.15, -0.1) is 0 Å². The molecule has 0 aromatic carbocycles. The van der Waals surface area contributed by atoms with Crippen molar-refractivity contribution in [1.82, 2.24) is 9.80 Å². The summed E-state index contributed by atoms with van der Waals surface area (Å²) < 4.78 is 0. The van der Waals surface area contributed by atoms with Crippen molar-refractivity contribution in [3.05, 3.63) is 12.2 Å². The normalized spacial score (nSPS) is 29.3. The van der Waals surface area contributed by atoms with Crippen LogP contribution in [0.15, 0.2) is 12.2 Å². The predicted molar refractivity (Wildman–Crippen MR) is 67.1 cm³/mol. The molecule has 18 heavy (non-hydrogen) atoms. The monoisotopic (exact) mass is 252 g/mol. The van der Waals surface area contributed by atoms with Crippen molar-refractivity contribution in [2.24, 2.45) is 5.92 Å². The van der Waals surface area contributed by atoms with Gasteiger partial charge in [-0.2, -0.15) is 0 Å². The zero-order valence-corrected chi connectivity index (χ0v) is 10.7. The van der Waals surface area contributed by atoms with Crippen molar-refractivity contribution >= 4 is 11.9 Å². The van der Waals surface area contributed by atoms with Gasteiger partial charge in [-0.05, 0) is 38.8 Å². The molecule has 0 radical (unpaired) electrons. The fraction of sp³-hybridized carbons (Fsp3) is 0.692. The third-order valence-electron chi connectivity index (χ3n) is 4.03. The van der Waals surface area contributed by atoms with Gasteiger partial charge in [0.1, 0.15) is 0 Å². The molecule has 2 aliphatic heterocycles. The van der Waals surface area contributed by atoms with Gasteiger partial charge in [0.05, 0.1) is 0 Å². The van der Waals surface area contributed by atoms with Gasteiger partial charge >= 0.3 is 5.97 Å². The second-order valence-electron chi connectivity index (χ2n) is 5.19. The van der Waals surface area contributed by atoms with E-state index in [1.54, 1.807) is 4.90 Å². The number of nitrogens with zero attached hydrogens (tertiary/aromatic N) is 2. The maximum atomic E-state index is 11.8. The SMILES string of the molecule is CN1CCCC2CN(C(=O)/C=C/C(=O)O)CCC21. The number of amides is 1. The van der Waals surface area contributed by atoms with Crippen LogP contribution in [0.1, 0.15) is 19.3 Å². The van der Waals surface area contributed by atoms with Crippen LogP contribution in [-0.2, 0) is 9.59 Å². The molecule has 0 aromatic rings. The van der Waals surface area contributed by atoms with Gasteiger partial charge in [0.15, 0.2) is 0 Å². The van der Waals surface area contributed by atoms with Crippen molar-refractivity contribution in [1.29, 1.82) is 0 Å². The molecule has 0 saturated carbocycles. The molecule has 2 saturated heterocycles. The van der Waals surface area contributed by atoms with E-state index in [0.717, 1.165) is 38.2 Å². The van der Waals surface area contributed by atoms with E-state index in [0.29, 0.717) is 12.0 Å². The number of carbonyl (C=O) groups is 2. The average molecular weight is 252 g/mol. The molecular formula is C13H20N2O3. The summed E-state index contributed by atoms with van der Waals surface area (Å²) in [7, 11) is 2.15. The van der Waals surface area contributed by atoms with Gasteiger partial charge in [-0.1, -0.05) is 0 Å². The maximum absolute atomic E-state index is 11.8. The second kappa shape index (κ2) is 5.52. The Labute approximate surface area is 107 Å². The minimum atomic E-state index is -1.07. The molecule has 2 atom stereocenters. The van der Waals surface area contributed by atoms with Crippen molar-refractivity contribution in [2.75, 3.05) is 26.7 Å². The summed E-state index contributed by atoms with van der Waals surface area (Å²) in [6.07, 6.45) is 5.43. The number of piperidine rings is 2. The lowest BCUT2D eigenvalue weighted by Crippen LogP contribution is -2.53. The second-order valence-corrected chi connectivity index (χ2v) is 5.19. The molecular weight excluding hydrogens is 232 g/mol. The van der Waals surface area contributed by atoms with E-state index in [4.69, 9.17) is 5.11 Å². The minimum absolute atomic E-state index is 0.177. The van der Waals surface area contributed by atoms with Gasteiger partial charge in [-0.3, -0.25) is 4.79 Å². The Morgan fingerprint density at radius 2 is 2.00 bits per heavy atom. The zero-order chi connectivity index (χ0) is 13.1. The van der Waals surface area contributed by atoms with E-state index in [-0.39, 0.29) is 5.91 Å². The van der Waals surface area contributed by atoms with Gasteiger partial charge in [0, 0.05) is 31.3 Å². The van der Waals surface area contributed by atoms with E-state index in [2.05, 4.69) is 11.9 Å². The lowest BCUT2D eigenvalue weighted by Gasteiger charge is -2.45. The van der Waals surface area contributed by atoms with E-state index in [1.807, 2.05) is 0 Å². The number of carboxylic acid groups (broad SMARTS) is 1. The summed E-state index contributed by atoms with van der Waals surface area (Å²) in [5.74, 6) is -0.709. The smallest absolute Gasteiger partial charge is 0.328 e. The summed E-state index contributed by atoms with van der Waals surface area (Å²) in [4.78, 5) is 26.4. The number of hydrogen-bond acceptors (Lipinski definition) is 3. The topological polar surface area (TPSA) is 60.9 Å². The first kappa shape index (κ1) is 13.1. The molecule has 100 valence electrons. The fourth-order valence-corrected chi connectivity index (χ4v) is 3.10. The first-order chi connectivity index (χ1) is 8.58. The largest absolute Gasteiger partial charge is 0.478 e. The number of rotatable bonds is 2. The minimum Gasteiger partial charge on any atom is -0.478 e. The van der Waals surface area contributed by atoms with Gasteiger partial charge in [-0.25, -0.2) is 4.79 Å². The lowest BCUT2D eigenvalue weighted by molar-refractivity contribution is -0.133. The third-order valence-corrected chi connectivity index (χ3v) is 4.03. The number of carboxylic acids is 1. The Balaban J connectivity index is 1.94. The highest BCUT2D eigenvalue weighted by Crippen LogP contribution is 2.29. The average Bonchev–Trinajstić information content (AvgIpc) is 2.35. The molecule has 2 unspecified atom stereocenters. The first-order valence-electron chi connectivity index (χ1n) is 6.48. The summed E-state index contributed by atoms with van der Waals surface area (Å²) in [6, 6.07) is 0.589. The van der Waals surface area contributed by atoms with Gasteiger partial charge < -0.3 is 14.9 Å². The number of carbonyl (C=O) groups excluding carboxylic acids is 1. The molecule has 5 heteroatoms. The molecule has 5 nitrogen and oxygen atoms in total. The quantitative estimate of drug-likeness (QED) is 0.730. The third kappa shape index (κ3) is 2.90. The standard InChI is InChI=1S/C13H20N2O3/c1-14-7-2-3-10-9-15(8-6-11(10)14)12(16)4-5-13(17)18/h4-5,10-11H,2-3,6-9H2,1H3,(H,17,18)/b5-4+. The van der Waals surface area contributed by atoms with E-state index in [9.17, 15) is 9.59 Å². The molecule has 2 aliphatic rings. The maximum Gasteiger partial charge on any atom is 0.328 e. The van der Waals surface area contributed by atoms with Crippen molar-refractivity contribution < 1.29 is 14.7 Å². The van der Waals surface area contributed by atoms with Crippen LogP contribution >= 0.6 is 0 Å². The first-order valence-corrected chi connectivity index (χ1v) is 6.48. The van der Waals surface area contributed by atoms with Crippen LogP contribution in [0.3, 0.4) is 0 Å². The molecule has 0 aromatic heterocycles. The molecule has 2 rings (SSSR count). The number of likely N-dealkylation sites (tertiary alicyclic amines) is 2. The number of fused-ring (bicyclic) bond motifs is 1. The Bertz CT molecular complexity index is 367. The lowest BCUT2D eigenvalue weighted by atomic mass is 9.84. The summed E-state index contributed by atoms with van der Waals surface area (Å²) >= 11 is 0. The molecule has 1 N–H and O–H groups in total. The van der Waals surface area contributed by atoms with E-state index < -0.39 is 5.97 Å². The van der Waals surface area contributed by atoms with Gasteiger partial charge in [0.25, 0.3) is 0 Å². The molecule has 0 spiro atoms. The van der Waals surface area contributed by atoms with Crippen molar-refractivity contribution in [3.8, 4) is 0 Å². The van der Waals surface area contributed by atoms with Crippen LogP contribution in [-0.4, -0.2) is 59.5 Å². The van der Waals surface area contributed by atoms with E-state index in [1.165, 1.54) is 12.8 Å². The Morgan fingerprint density at radius 1 is 1.22 bits per heavy atom. The molecule has 2 fully saturated rings. The van der Waals surface area contributed by atoms with Crippen molar-refractivity contribution in [2.45, 2.75) is 25.3 Å². The Kier molecular flexibility index (Phi) is 4.01. The van der Waals surface area contributed by atoms with Crippen LogP contribution in [0.2, 0.25) is 0 Å². The molecule has 0 bridgehead atoms. The van der Waals surface area contributed by atoms with Crippen LogP contribution in [0.25, 0.3) is 0 Å². The number of aliphatic carboxylic acids is 1. The molecule has 1 amide bonds. The zero-order valence-electron chi connectivity index (χ0n) is 10.7. The highest BCUT2D eigenvalue weighted by molar-refractivity contribution is 5.93. The summed E-state index contributed by atoms with van der Waals surface area (Å²) in [6.45, 7) is 2.64. The van der Waals surface area contributed by atoms with Crippen LogP contribution < -0.4 is 0 Å². The fourth-order valence-electron chi connectivity index (χ4n) is 3.10. The summed E-state index contributed by atoms with van der Waals surface area (Å²) in [5, 5.41) is 8.52. The molecule has 0 aliphatic carbocycles. The summed E-state index contributed by atoms with van der Waals surface area (Å²) in [5.41, 5.74) is 0. The van der Waals surface area contributed by atoms with Crippen molar-refractivity contribution in [3.63, 3.8) is 0 Å². The van der Waals surface area contributed by atoms with Gasteiger partial charge in [0.2, 0.25) is 5.91 Å². The highest BCUT2D eigenvalue weighted by atomic mass is 16.4. The highest BCUT2D eigenvalue weighted by Gasteiger charge is 2.35. The Hall–Kier alpha value is -1.36. The Morgan fingerprint density at radius 3 is 2.72 bits per heavy atom.